The second kappa shape index (κ2) is 14.0. The van der Waals surface area contributed by atoms with Gasteiger partial charge in [0.15, 0.2) is 18.2 Å². The van der Waals surface area contributed by atoms with E-state index in [9.17, 15) is 4.39 Å². The molecule has 1 heterocycles. The minimum atomic E-state index is -0.573. The largest absolute Gasteiger partial charge is 2.00 e. The average Bonchev–Trinajstić information content (AvgIpc) is 2.73. The van der Waals surface area contributed by atoms with Crippen LogP contribution in [0.5, 0.6) is 5.75 Å². The molecule has 3 aromatic rings. The van der Waals surface area contributed by atoms with Gasteiger partial charge in [-0.2, -0.15) is 34.0 Å². The number of halogens is 1. The molecule has 8 nitrogen and oxygen atoms in total. The van der Waals surface area contributed by atoms with Crippen molar-refractivity contribution in [2.45, 2.75) is 6.92 Å². The van der Waals surface area contributed by atoms with Gasteiger partial charge in [0.1, 0.15) is 11.8 Å². The molecule has 30 heavy (non-hydrogen) atoms. The zero-order chi connectivity index (χ0) is 20.4. The number of nitriles is 1. The summed E-state index contributed by atoms with van der Waals surface area (Å²) in [5.41, 5.74) is 2.40. The quantitative estimate of drug-likeness (QED) is 0.256. The molecule has 3 rings (SSSR count). The van der Waals surface area contributed by atoms with Crippen LogP contribution in [0.15, 0.2) is 48.7 Å². The van der Waals surface area contributed by atoms with E-state index in [1.807, 2.05) is 25.1 Å². The second-order valence-corrected chi connectivity index (χ2v) is 5.37. The van der Waals surface area contributed by atoms with Gasteiger partial charge in [0.2, 0.25) is 5.95 Å². The van der Waals surface area contributed by atoms with Gasteiger partial charge in [-0.3, -0.25) is 0 Å². The van der Waals surface area contributed by atoms with E-state index in [1.54, 1.807) is 30.3 Å². The third-order valence-corrected chi connectivity index (χ3v) is 3.39. The molecule has 0 aliphatic rings. The number of hydrogen-bond acceptors (Lipinski definition) is 8. The summed E-state index contributed by atoms with van der Waals surface area (Å²) in [5, 5.41) is 20.9. The maximum atomic E-state index is 14.0. The van der Waals surface area contributed by atoms with Crippen molar-refractivity contribution in [2.24, 2.45) is 5.90 Å². The zero-order valence-electron chi connectivity index (χ0n) is 16.4. The molecular formula is C20H21FN6O2W. The zero-order valence-corrected chi connectivity index (χ0v) is 19.3. The fourth-order valence-corrected chi connectivity index (χ4v) is 2.11. The average molecular weight is 580 g/mol. The fraction of sp³-hybridized carbons (Fsp3) is 0.100. The molecule has 10 heteroatoms. The molecule has 0 amide bonds. The molecule has 0 aliphatic carbocycles. The molecule has 0 saturated carbocycles. The summed E-state index contributed by atoms with van der Waals surface area (Å²) in [6.07, 6.45) is 1.10. The molecule has 0 aliphatic heterocycles. The maximum Gasteiger partial charge on any atom is 2.00 e. The minimum Gasteiger partial charge on any atom is -0.479 e. The Morgan fingerprint density at radius 2 is 1.83 bits per heavy atom. The Morgan fingerprint density at radius 3 is 2.43 bits per heavy atom. The number of anilines is 4. The van der Waals surface area contributed by atoms with Crippen molar-refractivity contribution in [1.82, 2.24) is 9.97 Å². The number of rotatable bonds is 6. The molecule has 0 unspecified atom stereocenters. The molecule has 0 radical (unpaired) electrons. The van der Waals surface area contributed by atoms with Crippen LogP contribution in [0, 0.1) is 37.6 Å². The monoisotopic (exact) mass is 580 g/mol. The molecule has 0 atom stereocenters. The van der Waals surface area contributed by atoms with E-state index >= 15 is 0 Å². The minimum absolute atomic E-state index is 0. The number of nitrogens with zero attached hydrogens (tertiary/aromatic N) is 3. The molecular weight excluding hydrogens is 559 g/mol. The third-order valence-electron chi connectivity index (χ3n) is 3.39. The van der Waals surface area contributed by atoms with E-state index in [1.165, 1.54) is 0 Å². The molecule has 2 aromatic carbocycles. The van der Waals surface area contributed by atoms with Crippen molar-refractivity contribution in [3.05, 3.63) is 73.5 Å². The number of nitrogens with one attached hydrogen (secondary N) is 2. The van der Waals surface area contributed by atoms with Crippen LogP contribution in [0.4, 0.5) is 27.5 Å². The molecule has 5 N–H and O–H groups in total. The Morgan fingerprint density at radius 1 is 1.17 bits per heavy atom. The van der Waals surface area contributed by atoms with E-state index in [2.05, 4.69) is 32.6 Å². The molecule has 156 valence electrons. The van der Waals surface area contributed by atoms with E-state index in [-0.39, 0.29) is 46.9 Å². The molecule has 1 aromatic heterocycles. The van der Waals surface area contributed by atoms with Gasteiger partial charge in [0.05, 0.1) is 6.20 Å². The number of benzene rings is 2. The van der Waals surface area contributed by atoms with E-state index in [0.717, 1.165) is 17.4 Å². The number of aryl methyl sites for hydroxylation is 1. The van der Waals surface area contributed by atoms with E-state index in [0.29, 0.717) is 11.4 Å². The topological polar surface area (TPSA) is 129 Å². The first kappa shape index (κ1) is 26.9. The van der Waals surface area contributed by atoms with Crippen LogP contribution in [-0.2, 0) is 21.1 Å². The van der Waals surface area contributed by atoms with Crippen LogP contribution in [0.3, 0.4) is 0 Å². The Balaban J connectivity index is 0.00000204. The third kappa shape index (κ3) is 8.13. The van der Waals surface area contributed by atoms with Crippen LogP contribution < -0.4 is 21.3 Å². The Kier molecular flexibility index (Phi) is 12.6. The van der Waals surface area contributed by atoms with Gasteiger partial charge in [-0.25, -0.2) is 15.3 Å². The number of ether oxygens (including phenoxy) is 1. The van der Waals surface area contributed by atoms with Crippen LogP contribution >= 0.6 is 0 Å². The van der Waals surface area contributed by atoms with Crippen molar-refractivity contribution in [3.8, 4) is 11.8 Å². The van der Waals surface area contributed by atoms with Crippen LogP contribution in [0.25, 0.3) is 0 Å². The predicted molar refractivity (Wildman–Crippen MR) is 109 cm³/mol. The van der Waals surface area contributed by atoms with Crippen molar-refractivity contribution >= 4 is 23.1 Å². The molecule has 0 spiro atoms. The summed E-state index contributed by atoms with van der Waals surface area (Å²) in [6.45, 7) is 1.91. The maximum absolute atomic E-state index is 14.0. The summed E-state index contributed by atoms with van der Waals surface area (Å²) < 4.78 is 19.2. The van der Waals surface area contributed by atoms with Crippen LogP contribution in [0.1, 0.15) is 5.56 Å². The smallest absolute Gasteiger partial charge is 0.479 e. The van der Waals surface area contributed by atoms with Crippen LogP contribution in [-0.4, -0.2) is 21.8 Å². The van der Waals surface area contributed by atoms with Gasteiger partial charge in [0.25, 0.3) is 0 Å². The van der Waals surface area contributed by atoms with Gasteiger partial charge in [0, 0.05) is 5.69 Å². The normalized spacial score (nSPS) is 8.90. The first-order valence-electron chi connectivity index (χ1n) is 8.04. The number of hydrogen-bond donors (Lipinski definition) is 4. The summed E-state index contributed by atoms with van der Waals surface area (Å²) in [6, 6.07) is 17.3. The molecule has 0 bridgehead atoms. The summed E-state index contributed by atoms with van der Waals surface area (Å²) in [5.74, 6) is 3.79. The summed E-state index contributed by atoms with van der Waals surface area (Å²) >= 11 is 0. The summed E-state index contributed by atoms with van der Waals surface area (Å²) in [4.78, 5) is 8.11. The number of nitrogens with two attached hydrogens (primary N) is 1. The van der Waals surface area contributed by atoms with Gasteiger partial charge in [-0.1, -0.05) is 12.6 Å². The van der Waals surface area contributed by atoms with Crippen molar-refractivity contribution in [1.29, 1.82) is 5.26 Å². The van der Waals surface area contributed by atoms with Gasteiger partial charge in [-0.05, 0) is 24.3 Å². The predicted octanol–water partition coefficient (Wildman–Crippen LogP) is 3.90. The SMILES string of the molecule is Cc1[c-]cc(Nc2ncc(F)c(Nc3ccc(OCC#N)cc3)n2)cc1.NO.[CH3-].[W+2]. The first-order valence-corrected chi connectivity index (χ1v) is 8.04. The summed E-state index contributed by atoms with van der Waals surface area (Å²) in [7, 11) is 0. The van der Waals surface area contributed by atoms with Gasteiger partial charge < -0.3 is 28.0 Å². The molecule has 0 saturated heterocycles. The van der Waals surface area contributed by atoms with E-state index in [4.69, 9.17) is 15.2 Å². The van der Waals surface area contributed by atoms with Gasteiger partial charge in [-0.15, -0.1) is 6.07 Å². The van der Waals surface area contributed by atoms with Gasteiger partial charge >= 0.3 is 21.1 Å². The Hall–Kier alpha value is -3.05. The first-order chi connectivity index (χ1) is 13.6. The fourth-order valence-electron chi connectivity index (χ4n) is 2.11. The standard InChI is InChI=1S/C19H15FN5O.CH3.H3NO.W/c1-13-2-4-15(5-3-13)24-19-22-12-17(20)18(25-19)23-14-6-8-16(9-7-14)26-11-10-21;;1-2;/h2,4-9,12H,11H2,1H3,(H2,22,23,24,25);1H3;2H,1H2;/q2*-1;;+2. The molecule has 0 fully saturated rings. The van der Waals surface area contributed by atoms with E-state index < -0.39 is 5.82 Å². The van der Waals surface area contributed by atoms with Crippen LogP contribution in [0.2, 0.25) is 0 Å². The second-order valence-electron chi connectivity index (χ2n) is 5.37. The number of aromatic nitrogens is 2. The van der Waals surface area contributed by atoms with Crippen molar-refractivity contribution in [3.63, 3.8) is 0 Å². The van der Waals surface area contributed by atoms with Crippen molar-refractivity contribution < 1.29 is 35.4 Å². The van der Waals surface area contributed by atoms with Crippen molar-refractivity contribution in [2.75, 3.05) is 17.2 Å². The Labute approximate surface area is 189 Å². The Bertz CT molecular complexity index is 934.